The number of hydrogen-bond donors (Lipinski definition) is 2. The highest BCUT2D eigenvalue weighted by atomic mass is 35.5. The molecule has 2 heterocycles. The van der Waals surface area contributed by atoms with Gasteiger partial charge in [-0.1, -0.05) is 30.1 Å². The van der Waals surface area contributed by atoms with Crippen molar-refractivity contribution in [3.8, 4) is 0 Å². The van der Waals surface area contributed by atoms with Gasteiger partial charge in [0.05, 0.1) is 12.4 Å². The molecule has 1 aliphatic heterocycles. The number of anilines is 1. The second-order valence-electron chi connectivity index (χ2n) is 10.1. The number of nitrogens with one attached hydrogen (secondary N) is 2. The van der Waals surface area contributed by atoms with Gasteiger partial charge in [-0.2, -0.15) is 4.31 Å². The molecular weight excluding hydrogens is 549 g/mol. The summed E-state index contributed by atoms with van der Waals surface area (Å²) in [6.45, 7) is 5.33. The van der Waals surface area contributed by atoms with E-state index in [-0.39, 0.29) is 35.2 Å². The first-order chi connectivity index (χ1) is 18.0. The molecule has 12 heteroatoms. The Labute approximate surface area is 233 Å². The van der Waals surface area contributed by atoms with E-state index in [1.54, 1.807) is 24.3 Å². The van der Waals surface area contributed by atoms with Crippen LogP contribution in [0.4, 0.5) is 5.69 Å². The molecular formula is C26H31Cl2N5O4S. The number of sulfonamides is 1. The predicted octanol–water partition coefficient (Wildman–Crippen LogP) is 4.46. The van der Waals surface area contributed by atoms with Crippen LogP contribution in [0, 0.1) is 17.7 Å². The van der Waals surface area contributed by atoms with Gasteiger partial charge < -0.3 is 20.4 Å². The summed E-state index contributed by atoms with van der Waals surface area (Å²) in [5.41, 5.74) is 2.29. The number of aromatic nitrogens is 1. The summed E-state index contributed by atoms with van der Waals surface area (Å²) in [4.78, 5) is 19.1. The molecule has 0 spiro atoms. The number of piperazine rings is 1. The van der Waals surface area contributed by atoms with E-state index in [1.165, 1.54) is 16.6 Å². The number of aryl methyl sites for hydroxylation is 1. The van der Waals surface area contributed by atoms with Crippen LogP contribution in [-0.4, -0.2) is 67.5 Å². The van der Waals surface area contributed by atoms with Crippen LogP contribution >= 0.6 is 23.2 Å². The van der Waals surface area contributed by atoms with E-state index in [9.17, 15) is 13.2 Å². The minimum atomic E-state index is -3.59. The van der Waals surface area contributed by atoms with Crippen LogP contribution < -0.4 is 5.32 Å². The van der Waals surface area contributed by atoms with Gasteiger partial charge in [0.25, 0.3) is 5.91 Å². The zero-order valence-corrected chi connectivity index (χ0v) is 23.7. The minimum Gasteiger partial charge on any atom is -0.486 e. The quantitative estimate of drug-likeness (QED) is 0.186. The summed E-state index contributed by atoms with van der Waals surface area (Å²) < 4.78 is 33.5. The minimum absolute atomic E-state index is 0.00788. The van der Waals surface area contributed by atoms with Crippen molar-refractivity contribution < 1.29 is 17.9 Å². The molecule has 2 aromatic rings. The van der Waals surface area contributed by atoms with Crippen LogP contribution in [0.15, 0.2) is 48.0 Å². The first-order valence-electron chi connectivity index (χ1n) is 12.3. The Morgan fingerprint density at radius 2 is 1.89 bits per heavy atom. The highest BCUT2D eigenvalue weighted by Crippen LogP contribution is 2.45. The van der Waals surface area contributed by atoms with Crippen LogP contribution in [-0.2, 0) is 25.3 Å². The maximum absolute atomic E-state index is 13.4. The molecule has 1 saturated carbocycles. The second kappa shape index (κ2) is 11.6. The smallest absolute Gasteiger partial charge is 0.293 e. The largest absolute Gasteiger partial charge is 0.486 e. The zero-order valence-electron chi connectivity index (χ0n) is 21.3. The van der Waals surface area contributed by atoms with Gasteiger partial charge in [-0.3, -0.25) is 4.79 Å². The molecule has 1 aliphatic carbocycles. The van der Waals surface area contributed by atoms with Crippen molar-refractivity contribution in [2.45, 2.75) is 32.4 Å². The van der Waals surface area contributed by atoms with Gasteiger partial charge in [0.15, 0.2) is 0 Å². The van der Waals surface area contributed by atoms with E-state index >= 15 is 0 Å². The maximum Gasteiger partial charge on any atom is 0.293 e. The number of carbonyl (C=O) groups is 1. The predicted molar refractivity (Wildman–Crippen MR) is 149 cm³/mol. The summed E-state index contributed by atoms with van der Waals surface area (Å²) in [6, 6.07) is 8.40. The Morgan fingerprint density at radius 1 is 1.18 bits per heavy atom. The molecule has 1 amide bonds. The normalized spacial score (nSPS) is 17.9. The monoisotopic (exact) mass is 579 g/mol. The molecule has 2 fully saturated rings. The Morgan fingerprint density at radius 3 is 2.50 bits per heavy atom. The van der Waals surface area contributed by atoms with Crippen LogP contribution in [0.1, 0.15) is 30.9 Å². The Balaban J connectivity index is 1.51. The van der Waals surface area contributed by atoms with Crippen LogP contribution in [0.2, 0.25) is 10.2 Å². The number of ether oxygens (including phenoxy) is 1. The van der Waals surface area contributed by atoms with E-state index in [4.69, 9.17) is 33.3 Å². The molecule has 0 radical (unpaired) electrons. The summed E-state index contributed by atoms with van der Waals surface area (Å²) in [5.74, 6) is -0.635. The molecule has 1 saturated heterocycles. The highest BCUT2D eigenvalue weighted by Gasteiger charge is 2.39. The van der Waals surface area contributed by atoms with Crippen LogP contribution in [0.5, 0.6) is 0 Å². The molecule has 38 heavy (non-hydrogen) atoms. The van der Waals surface area contributed by atoms with Crippen molar-refractivity contribution >= 4 is 51.0 Å². The number of nitrogens with zero attached hydrogens (tertiary/aromatic N) is 3. The van der Waals surface area contributed by atoms with Crippen LogP contribution in [0.3, 0.4) is 0 Å². The van der Waals surface area contributed by atoms with Gasteiger partial charge in [0.1, 0.15) is 10.9 Å². The summed E-state index contributed by atoms with van der Waals surface area (Å²) >= 11 is 12.1. The highest BCUT2D eigenvalue weighted by molar-refractivity contribution is 7.88. The first-order valence-corrected chi connectivity index (χ1v) is 14.6. The Bertz CT molecular complexity index is 1330. The molecule has 204 valence electrons. The molecule has 0 atom stereocenters. The van der Waals surface area contributed by atoms with Gasteiger partial charge >= 0.3 is 0 Å². The fourth-order valence-electron chi connectivity index (χ4n) is 4.20. The van der Waals surface area contributed by atoms with Gasteiger partial charge in [0, 0.05) is 54.7 Å². The third kappa shape index (κ3) is 7.25. The number of pyridine rings is 1. The number of halogens is 2. The summed E-state index contributed by atoms with van der Waals surface area (Å²) in [7, 11) is -3.59. The maximum atomic E-state index is 13.4. The average Bonchev–Trinajstić information content (AvgIpc) is 3.58. The fourth-order valence-corrected chi connectivity index (χ4v) is 6.19. The van der Waals surface area contributed by atoms with Crippen LogP contribution in [0.25, 0.3) is 0 Å². The topological polar surface area (TPSA) is 116 Å². The van der Waals surface area contributed by atoms with E-state index in [1.807, 2.05) is 11.8 Å². The van der Waals surface area contributed by atoms with Crippen molar-refractivity contribution in [2.75, 3.05) is 38.1 Å². The van der Waals surface area contributed by atoms with E-state index < -0.39 is 15.9 Å². The van der Waals surface area contributed by atoms with Crippen molar-refractivity contribution in [2.24, 2.45) is 5.41 Å². The van der Waals surface area contributed by atoms with Gasteiger partial charge in [-0.05, 0) is 61.2 Å². The van der Waals surface area contributed by atoms with Crippen molar-refractivity contribution in [3.05, 3.63) is 69.3 Å². The van der Waals surface area contributed by atoms with Crippen molar-refractivity contribution in [1.82, 2.24) is 14.2 Å². The Kier molecular flexibility index (Phi) is 8.66. The molecule has 0 bridgehead atoms. The lowest BCUT2D eigenvalue weighted by Gasteiger charge is -2.36. The number of allylic oxidation sites excluding steroid dienone is 1. The molecule has 9 nitrogen and oxygen atoms in total. The lowest BCUT2D eigenvalue weighted by Crippen LogP contribution is -2.49. The molecule has 0 unspecified atom stereocenters. The van der Waals surface area contributed by atoms with Gasteiger partial charge in [-0.25, -0.2) is 13.4 Å². The lowest BCUT2D eigenvalue weighted by atomic mass is 10.1. The lowest BCUT2D eigenvalue weighted by molar-refractivity contribution is -0.116. The number of hydrogen-bond acceptors (Lipinski definition) is 7. The number of amides is 1. The van der Waals surface area contributed by atoms with Gasteiger partial charge in [-0.15, -0.1) is 0 Å². The SMILES string of the molecule is Cc1cc(Cl)cc(NC(=O)/C(OCC2(C)CC2)=C(\C=N)N2CCN(S(=O)(=O)Cc3ccnc(Cl)c3)CC2)c1. The molecule has 2 N–H and O–H groups in total. The number of benzene rings is 1. The zero-order chi connectivity index (χ0) is 27.5. The second-order valence-corrected chi connectivity index (χ2v) is 12.9. The molecule has 2 aliphatic rings. The summed E-state index contributed by atoms with van der Waals surface area (Å²) in [6.07, 6.45) is 4.59. The average molecular weight is 581 g/mol. The third-order valence-corrected chi connectivity index (χ3v) is 8.93. The molecule has 1 aromatic heterocycles. The molecule has 1 aromatic carbocycles. The van der Waals surface area contributed by atoms with Gasteiger partial charge in [0.2, 0.25) is 15.8 Å². The standard InChI is InChI=1S/C26H31Cl2N5O4S/c1-18-11-20(27)14-21(12-18)31-25(34)24(37-17-26(2)4-5-26)22(15-29)32-7-9-33(10-8-32)38(35,36)16-19-3-6-30-23(28)13-19/h3,6,11-15,29H,4-5,7-10,16-17H2,1-2H3,(H,31,34)/b24-22-,29-15?. The van der Waals surface area contributed by atoms with E-state index in [2.05, 4.69) is 17.2 Å². The van der Waals surface area contributed by atoms with E-state index in [0.29, 0.717) is 41.7 Å². The molecule has 4 rings (SSSR count). The number of carbonyl (C=O) groups excluding carboxylic acids is 1. The fraction of sp³-hybridized carbons (Fsp3) is 0.423. The third-order valence-electron chi connectivity index (χ3n) is 6.66. The number of rotatable bonds is 10. The van der Waals surface area contributed by atoms with E-state index in [0.717, 1.165) is 24.6 Å². The Hall–Kier alpha value is -2.66. The summed E-state index contributed by atoms with van der Waals surface area (Å²) in [5, 5.41) is 11.7. The first kappa shape index (κ1) is 28.4. The van der Waals surface area contributed by atoms with Crippen molar-refractivity contribution in [1.29, 1.82) is 5.41 Å². The van der Waals surface area contributed by atoms with Crippen molar-refractivity contribution in [3.63, 3.8) is 0 Å².